The summed E-state index contributed by atoms with van der Waals surface area (Å²) in [5, 5.41) is 0. The van der Waals surface area contributed by atoms with Crippen LogP contribution in [0.15, 0.2) is 41.3 Å². The van der Waals surface area contributed by atoms with Gasteiger partial charge in [0.1, 0.15) is 0 Å². The lowest BCUT2D eigenvalue weighted by Gasteiger charge is -2.29. The van der Waals surface area contributed by atoms with E-state index < -0.39 is 22.1 Å². The van der Waals surface area contributed by atoms with Crippen LogP contribution in [0.4, 0.5) is 18.9 Å². The van der Waals surface area contributed by atoms with Crippen LogP contribution in [-0.4, -0.2) is 38.7 Å². The lowest BCUT2D eigenvalue weighted by atomic mass is 10.00. The zero-order valence-corrected chi connectivity index (χ0v) is 15.6. The van der Waals surface area contributed by atoms with E-state index in [-0.39, 0.29) is 36.9 Å². The first kappa shape index (κ1) is 19.4. The standard InChI is InChI=1S/C18H15F3N2O5S/c19-18(20,21)17(24)23-6-5-11-1-3-14(7-12(11)9-23)29(25,26)22-13-2-4-15-16(8-13)28-10-27-15/h1-4,7-8,22H,5-6,9-10H2. The Morgan fingerprint density at radius 3 is 2.55 bits per heavy atom. The van der Waals surface area contributed by atoms with Crippen molar-refractivity contribution in [1.29, 1.82) is 0 Å². The Morgan fingerprint density at radius 2 is 1.79 bits per heavy atom. The summed E-state index contributed by atoms with van der Waals surface area (Å²) in [6.07, 6.45) is -4.75. The molecule has 2 heterocycles. The van der Waals surface area contributed by atoms with Crippen LogP contribution >= 0.6 is 0 Å². The Labute approximate surface area is 164 Å². The molecule has 0 saturated heterocycles. The van der Waals surface area contributed by atoms with E-state index >= 15 is 0 Å². The highest BCUT2D eigenvalue weighted by Crippen LogP contribution is 2.35. The molecule has 2 aromatic carbocycles. The minimum Gasteiger partial charge on any atom is -0.454 e. The van der Waals surface area contributed by atoms with Gasteiger partial charge in [-0.3, -0.25) is 9.52 Å². The van der Waals surface area contributed by atoms with E-state index in [2.05, 4.69) is 4.72 Å². The van der Waals surface area contributed by atoms with Crippen LogP contribution in [0.1, 0.15) is 11.1 Å². The number of benzene rings is 2. The summed E-state index contributed by atoms with van der Waals surface area (Å²) >= 11 is 0. The molecule has 2 aliphatic rings. The molecule has 0 atom stereocenters. The van der Waals surface area contributed by atoms with Crippen LogP contribution in [0.25, 0.3) is 0 Å². The summed E-state index contributed by atoms with van der Waals surface area (Å²) in [5.74, 6) is -1.04. The second kappa shape index (κ2) is 6.83. The van der Waals surface area contributed by atoms with Crippen LogP contribution < -0.4 is 14.2 Å². The maximum Gasteiger partial charge on any atom is 0.471 e. The third kappa shape index (κ3) is 3.82. The molecule has 0 bridgehead atoms. The van der Waals surface area contributed by atoms with Crippen LogP contribution in [0.3, 0.4) is 0 Å². The first-order valence-corrected chi connectivity index (χ1v) is 10.0. The van der Waals surface area contributed by atoms with Gasteiger partial charge in [0.05, 0.1) is 10.6 Å². The lowest BCUT2D eigenvalue weighted by molar-refractivity contribution is -0.186. The normalized spacial score (nSPS) is 15.8. The van der Waals surface area contributed by atoms with Crippen molar-refractivity contribution in [2.24, 2.45) is 0 Å². The lowest BCUT2D eigenvalue weighted by Crippen LogP contribution is -2.43. The Morgan fingerprint density at radius 1 is 1.03 bits per heavy atom. The number of ether oxygens (including phenoxy) is 2. The maximum atomic E-state index is 12.7. The van der Waals surface area contributed by atoms with Gasteiger partial charge in [-0.25, -0.2) is 8.42 Å². The summed E-state index contributed by atoms with van der Waals surface area (Å²) in [7, 11) is -4.00. The molecule has 0 saturated carbocycles. The predicted molar refractivity (Wildman–Crippen MR) is 95.0 cm³/mol. The highest BCUT2D eigenvalue weighted by molar-refractivity contribution is 7.92. The molecule has 154 valence electrons. The number of hydrogen-bond donors (Lipinski definition) is 1. The minimum atomic E-state index is -4.97. The summed E-state index contributed by atoms with van der Waals surface area (Å²) in [6.45, 7) is -0.336. The van der Waals surface area contributed by atoms with Crippen LogP contribution in [0.5, 0.6) is 11.5 Å². The molecule has 0 radical (unpaired) electrons. The molecule has 11 heteroatoms. The van der Waals surface area contributed by atoms with Crippen molar-refractivity contribution in [3.63, 3.8) is 0 Å². The zero-order chi connectivity index (χ0) is 20.8. The van der Waals surface area contributed by atoms with E-state index in [9.17, 15) is 26.4 Å². The van der Waals surface area contributed by atoms with E-state index in [1.807, 2.05) is 0 Å². The molecule has 0 fully saturated rings. The fourth-order valence-electron chi connectivity index (χ4n) is 3.23. The van der Waals surface area contributed by atoms with Gasteiger partial charge in [0.25, 0.3) is 10.0 Å². The molecule has 4 rings (SSSR count). The van der Waals surface area contributed by atoms with E-state index in [1.165, 1.54) is 24.3 Å². The van der Waals surface area contributed by atoms with Crippen molar-refractivity contribution >= 4 is 21.6 Å². The fourth-order valence-corrected chi connectivity index (χ4v) is 4.33. The van der Waals surface area contributed by atoms with Crippen molar-refractivity contribution in [2.45, 2.75) is 24.0 Å². The second-order valence-electron chi connectivity index (χ2n) is 6.58. The molecule has 0 aliphatic carbocycles. The number of nitrogens with one attached hydrogen (secondary N) is 1. The number of anilines is 1. The molecule has 7 nitrogen and oxygen atoms in total. The number of amides is 1. The molecule has 1 N–H and O–H groups in total. The number of nitrogens with zero attached hydrogens (tertiary/aromatic N) is 1. The molecular weight excluding hydrogens is 413 g/mol. The third-order valence-corrected chi connectivity index (χ3v) is 6.03. The van der Waals surface area contributed by atoms with Gasteiger partial charge in [0, 0.05) is 19.2 Å². The van der Waals surface area contributed by atoms with Crippen LogP contribution in [0, 0.1) is 0 Å². The van der Waals surface area contributed by atoms with Crippen LogP contribution in [0.2, 0.25) is 0 Å². The largest absolute Gasteiger partial charge is 0.471 e. The molecule has 2 aliphatic heterocycles. The topological polar surface area (TPSA) is 84.9 Å². The second-order valence-corrected chi connectivity index (χ2v) is 8.26. The molecule has 0 unspecified atom stereocenters. The number of carbonyl (C=O) groups is 1. The number of rotatable bonds is 3. The summed E-state index contributed by atoms with van der Waals surface area (Å²) in [4.78, 5) is 12.0. The van der Waals surface area contributed by atoms with Gasteiger partial charge in [0.2, 0.25) is 6.79 Å². The molecular formula is C18H15F3N2O5S. The van der Waals surface area contributed by atoms with Gasteiger partial charge >= 0.3 is 12.1 Å². The molecule has 29 heavy (non-hydrogen) atoms. The third-order valence-electron chi connectivity index (χ3n) is 4.65. The smallest absolute Gasteiger partial charge is 0.454 e. The van der Waals surface area contributed by atoms with Crippen molar-refractivity contribution in [2.75, 3.05) is 18.1 Å². The molecule has 0 aromatic heterocycles. The summed E-state index contributed by atoms with van der Waals surface area (Å²) in [5.41, 5.74) is 1.32. The quantitative estimate of drug-likeness (QED) is 0.813. The molecule has 0 spiro atoms. The van der Waals surface area contributed by atoms with E-state index in [0.29, 0.717) is 27.5 Å². The van der Waals surface area contributed by atoms with Gasteiger partial charge < -0.3 is 14.4 Å². The first-order chi connectivity index (χ1) is 13.6. The Balaban J connectivity index is 1.57. The van der Waals surface area contributed by atoms with E-state index in [1.54, 1.807) is 12.1 Å². The minimum absolute atomic E-state index is 0.0451. The number of halogens is 3. The van der Waals surface area contributed by atoms with Crippen molar-refractivity contribution < 1.29 is 35.9 Å². The van der Waals surface area contributed by atoms with Gasteiger partial charge in [-0.1, -0.05) is 6.07 Å². The predicted octanol–water partition coefficient (Wildman–Crippen LogP) is 2.66. The van der Waals surface area contributed by atoms with E-state index in [4.69, 9.17) is 9.47 Å². The number of carbonyl (C=O) groups excluding carboxylic acids is 1. The van der Waals surface area contributed by atoms with Gasteiger partial charge in [0.15, 0.2) is 11.5 Å². The Kier molecular flexibility index (Phi) is 4.56. The summed E-state index contributed by atoms with van der Waals surface area (Å²) < 4.78 is 76.3. The zero-order valence-electron chi connectivity index (χ0n) is 14.8. The number of hydrogen-bond acceptors (Lipinski definition) is 5. The van der Waals surface area contributed by atoms with Crippen molar-refractivity contribution in [3.05, 3.63) is 47.5 Å². The van der Waals surface area contributed by atoms with Crippen molar-refractivity contribution in [3.8, 4) is 11.5 Å². The van der Waals surface area contributed by atoms with Gasteiger partial charge in [-0.15, -0.1) is 0 Å². The number of alkyl halides is 3. The fraction of sp³-hybridized carbons (Fsp3) is 0.278. The number of sulfonamides is 1. The van der Waals surface area contributed by atoms with Gasteiger partial charge in [-0.2, -0.15) is 13.2 Å². The molecule has 1 amide bonds. The highest BCUT2D eigenvalue weighted by Gasteiger charge is 2.43. The molecule has 2 aromatic rings. The maximum absolute atomic E-state index is 12.7. The average molecular weight is 428 g/mol. The number of fused-ring (bicyclic) bond motifs is 2. The Hall–Kier alpha value is -2.95. The monoisotopic (exact) mass is 428 g/mol. The van der Waals surface area contributed by atoms with Gasteiger partial charge in [-0.05, 0) is 41.8 Å². The summed E-state index contributed by atoms with van der Waals surface area (Å²) in [6, 6.07) is 8.78. The average Bonchev–Trinajstić information content (AvgIpc) is 3.13. The van der Waals surface area contributed by atoms with Crippen molar-refractivity contribution in [1.82, 2.24) is 4.90 Å². The SMILES string of the molecule is O=C(N1CCc2ccc(S(=O)(=O)Nc3ccc4c(c3)OCO4)cc2C1)C(F)(F)F. The Bertz CT molecular complexity index is 1090. The first-order valence-electron chi connectivity index (χ1n) is 8.54. The van der Waals surface area contributed by atoms with E-state index in [0.717, 1.165) is 0 Å². The van der Waals surface area contributed by atoms with Crippen LogP contribution in [-0.2, 0) is 27.8 Å². The highest BCUT2D eigenvalue weighted by atomic mass is 32.2.